The van der Waals surface area contributed by atoms with Crippen LogP contribution in [0.15, 0.2) is 18.2 Å². The van der Waals surface area contributed by atoms with Crippen molar-refractivity contribution in [3.05, 3.63) is 33.9 Å². The summed E-state index contributed by atoms with van der Waals surface area (Å²) < 4.78 is 0. The van der Waals surface area contributed by atoms with Gasteiger partial charge in [-0.05, 0) is 31.9 Å². The molecule has 0 aliphatic carbocycles. The summed E-state index contributed by atoms with van der Waals surface area (Å²) in [5, 5.41) is 10.9. The first-order chi connectivity index (χ1) is 10.9. The predicted molar refractivity (Wildman–Crippen MR) is 84.1 cm³/mol. The molecule has 2 amide bonds. The second-order valence-electron chi connectivity index (χ2n) is 6.16. The van der Waals surface area contributed by atoms with Gasteiger partial charge < -0.3 is 9.80 Å². The third-order valence-electron chi connectivity index (χ3n) is 4.67. The molecule has 0 radical (unpaired) electrons. The molecule has 1 fully saturated rings. The summed E-state index contributed by atoms with van der Waals surface area (Å²) in [7, 11) is 0. The van der Waals surface area contributed by atoms with Gasteiger partial charge in [-0.1, -0.05) is 0 Å². The number of carbonyl (C=O) groups is 2. The Morgan fingerprint density at radius 3 is 2.74 bits per heavy atom. The molecule has 7 heteroatoms. The minimum atomic E-state index is -0.426. The maximum Gasteiger partial charge on any atom is 0.269 e. The number of amides is 2. The number of fused-ring (bicyclic) bond motifs is 1. The molecule has 3 rings (SSSR count). The van der Waals surface area contributed by atoms with Crippen molar-refractivity contribution in [1.82, 2.24) is 4.90 Å². The Balaban J connectivity index is 1.86. The second-order valence-corrected chi connectivity index (χ2v) is 6.16. The van der Waals surface area contributed by atoms with Crippen molar-refractivity contribution in [2.24, 2.45) is 5.92 Å². The maximum atomic E-state index is 12.9. The summed E-state index contributed by atoms with van der Waals surface area (Å²) >= 11 is 0. The van der Waals surface area contributed by atoms with Gasteiger partial charge in [0.2, 0.25) is 11.8 Å². The fourth-order valence-corrected chi connectivity index (χ4v) is 3.51. The number of carbonyl (C=O) groups excluding carboxylic acids is 2. The number of hydrogen-bond donors (Lipinski definition) is 0. The van der Waals surface area contributed by atoms with Gasteiger partial charge in [0.05, 0.1) is 10.8 Å². The van der Waals surface area contributed by atoms with E-state index in [0.29, 0.717) is 19.5 Å². The molecule has 122 valence electrons. The molecule has 1 aromatic carbocycles. The van der Waals surface area contributed by atoms with Gasteiger partial charge in [-0.3, -0.25) is 19.7 Å². The van der Waals surface area contributed by atoms with Crippen molar-refractivity contribution in [3.63, 3.8) is 0 Å². The van der Waals surface area contributed by atoms with Crippen LogP contribution in [0.5, 0.6) is 0 Å². The van der Waals surface area contributed by atoms with Crippen LogP contribution in [0, 0.1) is 16.0 Å². The van der Waals surface area contributed by atoms with Crippen molar-refractivity contribution >= 4 is 23.2 Å². The molecule has 2 heterocycles. The van der Waals surface area contributed by atoms with E-state index in [1.807, 2.05) is 13.8 Å². The highest BCUT2D eigenvalue weighted by atomic mass is 16.6. The Kier molecular flexibility index (Phi) is 3.79. The predicted octanol–water partition coefficient (Wildman–Crippen LogP) is 1.74. The molecule has 2 atom stereocenters. The summed E-state index contributed by atoms with van der Waals surface area (Å²) in [6.07, 6.45) is 0.846. The van der Waals surface area contributed by atoms with E-state index in [2.05, 4.69) is 0 Å². The number of nitro groups is 1. The highest BCUT2D eigenvalue weighted by Gasteiger charge is 2.40. The summed E-state index contributed by atoms with van der Waals surface area (Å²) in [4.78, 5) is 38.6. The van der Waals surface area contributed by atoms with E-state index in [9.17, 15) is 19.7 Å². The zero-order valence-corrected chi connectivity index (χ0v) is 13.2. The van der Waals surface area contributed by atoms with Crippen LogP contribution in [-0.2, 0) is 16.0 Å². The Morgan fingerprint density at radius 1 is 1.39 bits per heavy atom. The van der Waals surface area contributed by atoms with Crippen LogP contribution in [-0.4, -0.2) is 40.8 Å². The molecular weight excluding hydrogens is 298 g/mol. The smallest absolute Gasteiger partial charge is 0.269 e. The third kappa shape index (κ3) is 2.56. The summed E-state index contributed by atoms with van der Waals surface area (Å²) in [6.45, 7) is 4.90. The van der Waals surface area contributed by atoms with Crippen LogP contribution in [0.4, 0.5) is 11.4 Å². The van der Waals surface area contributed by atoms with Gasteiger partial charge in [0.25, 0.3) is 5.69 Å². The lowest BCUT2D eigenvalue weighted by Crippen LogP contribution is -2.41. The highest BCUT2D eigenvalue weighted by Crippen LogP contribution is 2.36. The standard InChI is InChI=1S/C16H19N3O4/c1-3-17-9-12(8-15(17)20)16(21)18-10(2)6-11-7-13(19(22)23)4-5-14(11)18/h4-5,7,10,12H,3,6,8-9H2,1-2H3. The lowest BCUT2D eigenvalue weighted by Gasteiger charge is -2.25. The van der Waals surface area contributed by atoms with E-state index in [1.54, 1.807) is 15.9 Å². The van der Waals surface area contributed by atoms with Crippen molar-refractivity contribution in [3.8, 4) is 0 Å². The van der Waals surface area contributed by atoms with Gasteiger partial charge in [-0.15, -0.1) is 0 Å². The van der Waals surface area contributed by atoms with Crippen LogP contribution < -0.4 is 4.90 Å². The number of benzene rings is 1. The van der Waals surface area contributed by atoms with Crippen LogP contribution in [0.1, 0.15) is 25.8 Å². The number of non-ortho nitro benzene ring substituents is 1. The molecule has 0 N–H and O–H groups in total. The topological polar surface area (TPSA) is 83.8 Å². The molecule has 0 aromatic heterocycles. The molecule has 23 heavy (non-hydrogen) atoms. The van der Waals surface area contributed by atoms with Gasteiger partial charge in [-0.25, -0.2) is 0 Å². The highest BCUT2D eigenvalue weighted by molar-refractivity contribution is 6.01. The van der Waals surface area contributed by atoms with Crippen molar-refractivity contribution < 1.29 is 14.5 Å². The zero-order valence-electron chi connectivity index (χ0n) is 13.2. The van der Waals surface area contributed by atoms with E-state index in [4.69, 9.17) is 0 Å². The maximum absolute atomic E-state index is 12.9. The first kappa shape index (κ1) is 15.5. The molecule has 2 unspecified atom stereocenters. The van der Waals surface area contributed by atoms with Crippen molar-refractivity contribution in [2.75, 3.05) is 18.0 Å². The van der Waals surface area contributed by atoms with Crippen molar-refractivity contribution in [1.29, 1.82) is 0 Å². The summed E-state index contributed by atoms with van der Waals surface area (Å²) in [5.41, 5.74) is 1.59. The monoisotopic (exact) mass is 317 g/mol. The quantitative estimate of drug-likeness (QED) is 0.628. The molecule has 2 aliphatic rings. The largest absolute Gasteiger partial charge is 0.342 e. The molecular formula is C16H19N3O4. The molecule has 0 spiro atoms. The number of rotatable bonds is 3. The number of hydrogen-bond acceptors (Lipinski definition) is 4. The second kappa shape index (κ2) is 5.64. The average Bonchev–Trinajstić information content (AvgIpc) is 3.04. The normalized spacial score (nSPS) is 23.3. The lowest BCUT2D eigenvalue weighted by molar-refractivity contribution is -0.384. The van der Waals surface area contributed by atoms with Crippen LogP contribution >= 0.6 is 0 Å². The number of nitro benzene ring substituents is 1. The van der Waals surface area contributed by atoms with E-state index >= 15 is 0 Å². The lowest BCUT2D eigenvalue weighted by atomic mass is 10.1. The van der Waals surface area contributed by atoms with Gasteiger partial charge >= 0.3 is 0 Å². The number of likely N-dealkylation sites (tertiary alicyclic amines) is 1. The molecule has 0 bridgehead atoms. The Morgan fingerprint density at radius 2 is 2.13 bits per heavy atom. The van der Waals surface area contributed by atoms with Crippen LogP contribution in [0.3, 0.4) is 0 Å². The van der Waals surface area contributed by atoms with Crippen LogP contribution in [0.2, 0.25) is 0 Å². The van der Waals surface area contributed by atoms with Crippen LogP contribution in [0.25, 0.3) is 0 Å². The third-order valence-corrected chi connectivity index (χ3v) is 4.67. The van der Waals surface area contributed by atoms with Crippen molar-refractivity contribution in [2.45, 2.75) is 32.7 Å². The molecule has 1 saturated heterocycles. The average molecular weight is 317 g/mol. The molecule has 1 aromatic rings. The summed E-state index contributed by atoms with van der Waals surface area (Å²) in [5.74, 6) is -0.373. The van der Waals surface area contributed by atoms with Gasteiger partial charge in [0, 0.05) is 43.4 Å². The molecule has 7 nitrogen and oxygen atoms in total. The van der Waals surface area contributed by atoms with E-state index in [0.717, 1.165) is 11.3 Å². The van der Waals surface area contributed by atoms with E-state index < -0.39 is 4.92 Å². The number of anilines is 1. The van der Waals surface area contributed by atoms with Gasteiger partial charge in [-0.2, -0.15) is 0 Å². The first-order valence-electron chi connectivity index (χ1n) is 7.80. The fourth-order valence-electron chi connectivity index (χ4n) is 3.51. The van der Waals surface area contributed by atoms with E-state index in [1.165, 1.54) is 12.1 Å². The Labute approximate surface area is 134 Å². The molecule has 2 aliphatic heterocycles. The van der Waals surface area contributed by atoms with Gasteiger partial charge in [0.1, 0.15) is 0 Å². The summed E-state index contributed by atoms with van der Waals surface area (Å²) in [6, 6.07) is 4.56. The Bertz CT molecular complexity index is 688. The first-order valence-corrected chi connectivity index (χ1v) is 7.80. The minimum absolute atomic E-state index is 0.0154. The number of nitrogens with zero attached hydrogens (tertiary/aromatic N) is 3. The zero-order chi connectivity index (χ0) is 16.7. The fraction of sp³-hybridized carbons (Fsp3) is 0.500. The van der Waals surface area contributed by atoms with Gasteiger partial charge in [0.15, 0.2) is 0 Å². The minimum Gasteiger partial charge on any atom is -0.342 e. The van der Waals surface area contributed by atoms with E-state index in [-0.39, 0.29) is 35.9 Å². The SMILES string of the molecule is CCN1CC(C(=O)N2c3ccc([N+](=O)[O-])cc3CC2C)CC1=O. The molecule has 0 saturated carbocycles. The Hall–Kier alpha value is -2.44.